The third-order valence-corrected chi connectivity index (χ3v) is 5.08. The number of halogens is 1. The van der Waals surface area contributed by atoms with Gasteiger partial charge in [-0.05, 0) is 43.9 Å². The number of carboxylic acid groups (broad SMARTS) is 1. The molecule has 0 spiro atoms. The van der Waals surface area contributed by atoms with E-state index in [0.717, 1.165) is 15.6 Å². The maximum Gasteiger partial charge on any atom is 0.311 e. The highest BCUT2D eigenvalue weighted by Crippen LogP contribution is 2.30. The molecule has 0 bridgehead atoms. The number of carbonyl (C=O) groups excluding carboxylic acids is 1. The molecule has 1 amide bonds. The standard InChI is InChI=1S/C16H20BrNO3/c1-11-9-12(3-5-13(11)17)4-6-14(19)18-8-7-16(2,10-18)15(20)21/h3,5,9H,4,6-8,10H2,1-2H3,(H,20,21)/t16-/m0/s1. The van der Waals surface area contributed by atoms with Gasteiger partial charge in [0.1, 0.15) is 0 Å². The van der Waals surface area contributed by atoms with Gasteiger partial charge in [-0.15, -0.1) is 0 Å². The van der Waals surface area contributed by atoms with E-state index < -0.39 is 11.4 Å². The smallest absolute Gasteiger partial charge is 0.311 e. The molecule has 0 aromatic heterocycles. The van der Waals surface area contributed by atoms with E-state index in [0.29, 0.717) is 32.4 Å². The van der Waals surface area contributed by atoms with Gasteiger partial charge < -0.3 is 10.0 Å². The van der Waals surface area contributed by atoms with Crippen LogP contribution in [0, 0.1) is 12.3 Å². The molecule has 1 heterocycles. The summed E-state index contributed by atoms with van der Waals surface area (Å²) in [5, 5.41) is 9.19. The van der Waals surface area contributed by atoms with Crippen molar-refractivity contribution in [2.45, 2.75) is 33.1 Å². The number of likely N-dealkylation sites (tertiary alicyclic amines) is 1. The molecular weight excluding hydrogens is 334 g/mol. The minimum Gasteiger partial charge on any atom is -0.481 e. The lowest BCUT2D eigenvalue weighted by molar-refractivity contribution is -0.147. The molecule has 0 unspecified atom stereocenters. The number of benzene rings is 1. The van der Waals surface area contributed by atoms with Crippen LogP contribution in [-0.2, 0) is 16.0 Å². The van der Waals surface area contributed by atoms with Gasteiger partial charge in [-0.3, -0.25) is 9.59 Å². The molecule has 1 N–H and O–H groups in total. The molecule has 5 heteroatoms. The molecule has 1 fully saturated rings. The fourth-order valence-electron chi connectivity index (χ4n) is 2.62. The maximum absolute atomic E-state index is 12.2. The van der Waals surface area contributed by atoms with Crippen LogP contribution in [0.4, 0.5) is 0 Å². The Bertz CT molecular complexity index is 573. The summed E-state index contributed by atoms with van der Waals surface area (Å²) in [5.41, 5.74) is 1.49. The average molecular weight is 354 g/mol. The topological polar surface area (TPSA) is 57.6 Å². The Morgan fingerprint density at radius 1 is 1.43 bits per heavy atom. The lowest BCUT2D eigenvalue weighted by Gasteiger charge is -2.20. The first-order chi connectivity index (χ1) is 9.82. The van der Waals surface area contributed by atoms with E-state index in [2.05, 4.69) is 22.0 Å². The zero-order valence-corrected chi connectivity index (χ0v) is 13.9. The molecule has 0 aliphatic carbocycles. The third kappa shape index (κ3) is 3.64. The number of aliphatic carboxylic acids is 1. The first-order valence-electron chi connectivity index (χ1n) is 7.08. The first kappa shape index (κ1) is 16.0. The largest absolute Gasteiger partial charge is 0.481 e. The molecule has 1 aromatic rings. The molecular formula is C16H20BrNO3. The molecule has 1 aromatic carbocycles. The van der Waals surface area contributed by atoms with Gasteiger partial charge >= 0.3 is 5.97 Å². The summed E-state index contributed by atoms with van der Waals surface area (Å²) >= 11 is 3.46. The minimum absolute atomic E-state index is 0.0422. The Kier molecular flexibility index (Phi) is 4.71. The third-order valence-electron chi connectivity index (χ3n) is 4.19. The Balaban J connectivity index is 1.91. The number of nitrogens with zero attached hydrogens (tertiary/aromatic N) is 1. The van der Waals surface area contributed by atoms with Crippen LogP contribution in [0.25, 0.3) is 0 Å². The minimum atomic E-state index is -0.818. The predicted octanol–water partition coefficient (Wildman–Crippen LogP) is 3.01. The normalized spacial score (nSPS) is 21.6. The highest BCUT2D eigenvalue weighted by molar-refractivity contribution is 9.10. The number of rotatable bonds is 4. The average Bonchev–Trinajstić information content (AvgIpc) is 2.84. The lowest BCUT2D eigenvalue weighted by atomic mass is 9.90. The molecule has 1 atom stereocenters. The van der Waals surface area contributed by atoms with Crippen LogP contribution < -0.4 is 0 Å². The summed E-state index contributed by atoms with van der Waals surface area (Å²) in [6.45, 7) is 4.59. The van der Waals surface area contributed by atoms with Crippen LogP contribution in [0.15, 0.2) is 22.7 Å². The number of hydrogen-bond acceptors (Lipinski definition) is 2. The SMILES string of the molecule is Cc1cc(CCC(=O)N2CC[C@](C)(C(=O)O)C2)ccc1Br. The highest BCUT2D eigenvalue weighted by atomic mass is 79.9. The lowest BCUT2D eigenvalue weighted by Crippen LogP contribution is -2.34. The zero-order chi connectivity index (χ0) is 15.6. The summed E-state index contributed by atoms with van der Waals surface area (Å²) in [6, 6.07) is 6.07. The molecule has 0 saturated carbocycles. The molecule has 21 heavy (non-hydrogen) atoms. The van der Waals surface area contributed by atoms with Gasteiger partial charge in [0.25, 0.3) is 0 Å². The van der Waals surface area contributed by atoms with Gasteiger partial charge in [0.05, 0.1) is 5.41 Å². The van der Waals surface area contributed by atoms with Crippen LogP contribution in [-0.4, -0.2) is 35.0 Å². The number of aryl methyl sites for hydroxylation is 2. The van der Waals surface area contributed by atoms with E-state index in [1.807, 2.05) is 19.1 Å². The van der Waals surface area contributed by atoms with Crippen molar-refractivity contribution in [1.82, 2.24) is 4.90 Å². The van der Waals surface area contributed by atoms with E-state index >= 15 is 0 Å². The molecule has 1 saturated heterocycles. The van der Waals surface area contributed by atoms with Crippen LogP contribution in [0.3, 0.4) is 0 Å². The molecule has 0 radical (unpaired) electrons. The van der Waals surface area contributed by atoms with Crippen LogP contribution in [0.2, 0.25) is 0 Å². The van der Waals surface area contributed by atoms with E-state index in [4.69, 9.17) is 0 Å². The van der Waals surface area contributed by atoms with E-state index in [1.54, 1.807) is 11.8 Å². The van der Waals surface area contributed by atoms with E-state index in [1.165, 1.54) is 0 Å². The molecule has 2 rings (SSSR count). The summed E-state index contributed by atoms with van der Waals surface area (Å²) < 4.78 is 1.06. The van der Waals surface area contributed by atoms with E-state index in [9.17, 15) is 14.7 Å². The Labute approximate surface area is 133 Å². The van der Waals surface area contributed by atoms with Crippen LogP contribution >= 0.6 is 15.9 Å². The second kappa shape index (κ2) is 6.18. The highest BCUT2D eigenvalue weighted by Gasteiger charge is 2.41. The fourth-order valence-corrected chi connectivity index (χ4v) is 2.87. The zero-order valence-electron chi connectivity index (χ0n) is 12.4. The van der Waals surface area contributed by atoms with Crippen molar-refractivity contribution in [2.24, 2.45) is 5.41 Å². The van der Waals surface area contributed by atoms with Crippen LogP contribution in [0.1, 0.15) is 30.9 Å². The second-order valence-electron chi connectivity index (χ2n) is 6.01. The van der Waals surface area contributed by atoms with Crippen molar-refractivity contribution in [1.29, 1.82) is 0 Å². The summed E-state index contributed by atoms with van der Waals surface area (Å²) in [7, 11) is 0. The molecule has 1 aliphatic rings. The van der Waals surface area contributed by atoms with Crippen LogP contribution in [0.5, 0.6) is 0 Å². The quantitative estimate of drug-likeness (QED) is 0.904. The maximum atomic E-state index is 12.2. The molecule has 4 nitrogen and oxygen atoms in total. The molecule has 114 valence electrons. The number of carbonyl (C=O) groups is 2. The second-order valence-corrected chi connectivity index (χ2v) is 6.87. The predicted molar refractivity (Wildman–Crippen MR) is 84.1 cm³/mol. The van der Waals surface area contributed by atoms with Crippen molar-refractivity contribution in [3.8, 4) is 0 Å². The molecule has 1 aliphatic heterocycles. The number of amides is 1. The van der Waals surface area contributed by atoms with Crippen molar-refractivity contribution >= 4 is 27.8 Å². The summed E-state index contributed by atoms with van der Waals surface area (Å²) in [5.74, 6) is -0.776. The van der Waals surface area contributed by atoms with Gasteiger partial charge in [0.2, 0.25) is 5.91 Å². The van der Waals surface area contributed by atoms with Crippen molar-refractivity contribution < 1.29 is 14.7 Å². The fraction of sp³-hybridized carbons (Fsp3) is 0.500. The number of hydrogen-bond donors (Lipinski definition) is 1. The Hall–Kier alpha value is -1.36. The van der Waals surface area contributed by atoms with Gasteiger partial charge in [-0.25, -0.2) is 0 Å². The van der Waals surface area contributed by atoms with Gasteiger partial charge in [-0.1, -0.05) is 28.1 Å². The van der Waals surface area contributed by atoms with Crippen molar-refractivity contribution in [3.05, 3.63) is 33.8 Å². The Morgan fingerprint density at radius 3 is 2.71 bits per heavy atom. The number of carboxylic acids is 1. The van der Waals surface area contributed by atoms with Crippen molar-refractivity contribution in [3.63, 3.8) is 0 Å². The van der Waals surface area contributed by atoms with Gasteiger partial charge in [0, 0.05) is 24.0 Å². The van der Waals surface area contributed by atoms with Crippen molar-refractivity contribution in [2.75, 3.05) is 13.1 Å². The summed E-state index contributed by atoms with van der Waals surface area (Å²) in [6.07, 6.45) is 1.65. The Morgan fingerprint density at radius 2 is 2.14 bits per heavy atom. The summed E-state index contributed by atoms with van der Waals surface area (Å²) in [4.78, 5) is 25.1. The van der Waals surface area contributed by atoms with Gasteiger partial charge in [-0.2, -0.15) is 0 Å². The van der Waals surface area contributed by atoms with E-state index in [-0.39, 0.29) is 5.91 Å². The monoisotopic (exact) mass is 353 g/mol. The first-order valence-corrected chi connectivity index (χ1v) is 7.87. The van der Waals surface area contributed by atoms with Gasteiger partial charge in [0.15, 0.2) is 0 Å².